The first-order valence-corrected chi connectivity index (χ1v) is 2.03. The van der Waals surface area contributed by atoms with E-state index in [1.165, 1.54) is 0 Å². The third-order valence-corrected chi connectivity index (χ3v) is 0.455. The Morgan fingerprint density at radius 1 is 1.33 bits per heavy atom. The van der Waals surface area contributed by atoms with Gasteiger partial charge in [-0.15, -0.1) is 0 Å². The van der Waals surface area contributed by atoms with Crippen LogP contribution in [0, 0.1) is 0 Å². The fraction of sp³-hybridized carbons (Fsp3) is 0.333. The van der Waals surface area contributed by atoms with Crippen LogP contribution in [0.25, 0.3) is 0 Å². The van der Waals surface area contributed by atoms with E-state index in [2.05, 4.69) is 0 Å². The summed E-state index contributed by atoms with van der Waals surface area (Å²) in [4.78, 5) is 0. The first-order valence-electron chi connectivity index (χ1n) is 2.53. The summed E-state index contributed by atoms with van der Waals surface area (Å²) < 4.78 is 6.89. The number of rotatable bonds is 1. The maximum Gasteiger partial charge on any atom is 0.0573 e. The Labute approximate surface area is 40.6 Å². The van der Waals surface area contributed by atoms with Gasteiger partial charge in [0.1, 0.15) is 0 Å². The van der Waals surface area contributed by atoms with Crippen LogP contribution in [0.4, 0.5) is 0 Å². The molecule has 0 heteroatoms. The molecule has 0 aliphatic rings. The van der Waals surface area contributed by atoms with Crippen molar-refractivity contribution in [2.45, 2.75) is 13.8 Å². The third kappa shape index (κ3) is 3.48. The van der Waals surface area contributed by atoms with Gasteiger partial charge >= 0.3 is 0 Å². The van der Waals surface area contributed by atoms with Crippen molar-refractivity contribution < 1.29 is 1.37 Å². The molecule has 0 bridgehead atoms. The second kappa shape index (κ2) is 4.48. The summed E-state index contributed by atoms with van der Waals surface area (Å²) in [5, 5.41) is 0. The molecule has 0 amide bonds. The van der Waals surface area contributed by atoms with Crippen molar-refractivity contribution in [2.75, 3.05) is 0 Å². The molecule has 0 heterocycles. The van der Waals surface area contributed by atoms with Crippen molar-refractivity contribution in [3.63, 3.8) is 0 Å². The number of hydrogen-bond acceptors (Lipinski definition) is 0. The van der Waals surface area contributed by atoms with E-state index < -0.39 is 0 Å². The molecular weight excluding hydrogens is 72.1 g/mol. The van der Waals surface area contributed by atoms with Gasteiger partial charge in [-0.25, -0.2) is 0 Å². The lowest BCUT2D eigenvalue weighted by molar-refractivity contribution is 1.69. The van der Waals surface area contributed by atoms with Gasteiger partial charge < -0.3 is 0 Å². The van der Waals surface area contributed by atoms with E-state index in [-0.39, 0.29) is 0 Å². The Kier molecular flexibility index (Phi) is 2.73. The van der Waals surface area contributed by atoms with Gasteiger partial charge in [0.05, 0.1) is 1.37 Å². The first-order chi connectivity index (χ1) is 3.27. The van der Waals surface area contributed by atoms with Gasteiger partial charge in [-0.05, 0) is 13.8 Å². The Bertz CT molecular complexity index is 86.4. The molecule has 0 rings (SSSR count). The predicted octanol–water partition coefficient (Wildman–Crippen LogP) is 2.14. The Morgan fingerprint density at radius 2 is 2.00 bits per heavy atom. The lowest BCUT2D eigenvalue weighted by atomic mass is 10.5. The molecule has 0 fully saturated rings. The third-order valence-electron chi connectivity index (χ3n) is 0.455. The van der Waals surface area contributed by atoms with Crippen LogP contribution in [0.2, 0.25) is 0 Å². The predicted molar refractivity (Wildman–Crippen MR) is 29.6 cm³/mol. The molecule has 0 radical (unpaired) electrons. The van der Waals surface area contributed by atoms with Crippen molar-refractivity contribution in [1.82, 2.24) is 0 Å². The fourth-order valence-electron chi connectivity index (χ4n) is 0.192. The minimum absolute atomic E-state index is 0.595. The largest absolute Gasteiger partial charge is 0.0877 e. The highest BCUT2D eigenvalue weighted by Gasteiger charge is 1.48. The molecule has 0 unspecified atom stereocenters. The maximum atomic E-state index is 6.89. The smallest absolute Gasteiger partial charge is 0.0573 e. The Hall–Kier alpha value is -0.520. The average molecular weight is 83.2 g/mol. The quantitative estimate of drug-likeness (QED) is 0.426. The molecule has 0 spiro atoms. The van der Waals surface area contributed by atoms with Crippen molar-refractivity contribution in [1.29, 1.82) is 0 Å². The second-order valence-corrected chi connectivity index (χ2v) is 0.981. The van der Waals surface area contributed by atoms with Crippen LogP contribution in [-0.4, -0.2) is 0 Å². The Morgan fingerprint density at radius 3 is 2.17 bits per heavy atom. The van der Waals surface area contributed by atoms with E-state index in [9.17, 15) is 0 Å². The van der Waals surface area contributed by atoms with Crippen molar-refractivity contribution in [3.8, 4) is 0 Å². The van der Waals surface area contributed by atoms with Crippen LogP contribution in [0.5, 0.6) is 0 Å². The van der Waals surface area contributed by atoms with Gasteiger partial charge in [-0.3, -0.25) is 0 Å². The van der Waals surface area contributed by atoms with Crippen molar-refractivity contribution in [3.05, 3.63) is 24.3 Å². The summed E-state index contributed by atoms with van der Waals surface area (Å²) in [6.45, 7) is 3.68. The molecule has 0 saturated heterocycles. The summed E-state index contributed by atoms with van der Waals surface area (Å²) in [5.74, 6) is 0. The molecule has 0 aliphatic carbocycles. The van der Waals surface area contributed by atoms with Crippen LogP contribution < -0.4 is 0 Å². The topological polar surface area (TPSA) is 0 Å². The second-order valence-electron chi connectivity index (χ2n) is 0.981. The molecule has 0 aromatic carbocycles. The molecule has 34 valence electrons. The Balaban J connectivity index is 3.46. The van der Waals surface area contributed by atoms with Gasteiger partial charge in [0.2, 0.25) is 0 Å². The minimum atomic E-state index is 0.595. The zero-order chi connectivity index (χ0) is 5.70. The fourth-order valence-corrected chi connectivity index (χ4v) is 0.192. The molecule has 0 atom stereocenters. The summed E-state index contributed by atoms with van der Waals surface area (Å²) in [6.07, 6.45) is 5.50. The van der Waals surface area contributed by atoms with Crippen LogP contribution in [0.3, 0.4) is 0 Å². The summed E-state index contributed by atoms with van der Waals surface area (Å²) in [6, 6.07) is 0.595. The molecule has 6 heavy (non-hydrogen) atoms. The average Bonchev–Trinajstić information content (AvgIpc) is 1.61. The normalized spacial score (nSPS) is 15.7. The molecule has 0 N–H and O–H groups in total. The lowest BCUT2D eigenvalue weighted by Crippen LogP contribution is -1.40. The highest BCUT2D eigenvalue weighted by atomic mass is 13.6. The van der Waals surface area contributed by atoms with Crippen molar-refractivity contribution >= 4 is 0 Å². The van der Waals surface area contributed by atoms with Crippen LogP contribution in [-0.2, 0) is 0 Å². The van der Waals surface area contributed by atoms with Crippen molar-refractivity contribution in [2.24, 2.45) is 0 Å². The monoisotopic (exact) mass is 83.1 g/mol. The number of hydrogen-bond donors (Lipinski definition) is 0. The van der Waals surface area contributed by atoms with E-state index in [1.807, 2.05) is 19.1 Å². The van der Waals surface area contributed by atoms with Gasteiger partial charge in [-0.1, -0.05) is 24.3 Å². The molecule has 0 aromatic heterocycles. The zero-order valence-electron chi connectivity index (χ0n) is 5.23. The molecule has 0 aromatic rings. The standard InChI is InChI=1S/C6H10/c1-3-5-6-4-2/h3-6H,1-2H3/b5-3+,6-4?/i3D. The van der Waals surface area contributed by atoms with Gasteiger partial charge in [0, 0.05) is 0 Å². The number of allylic oxidation sites excluding steroid dienone is 4. The van der Waals surface area contributed by atoms with E-state index in [0.29, 0.717) is 6.05 Å². The minimum Gasteiger partial charge on any atom is -0.0877 e. The highest BCUT2D eigenvalue weighted by Crippen LogP contribution is 1.71. The summed E-state index contributed by atoms with van der Waals surface area (Å²) in [7, 11) is 0. The van der Waals surface area contributed by atoms with Gasteiger partial charge in [-0.2, -0.15) is 0 Å². The van der Waals surface area contributed by atoms with Crippen LogP contribution in [0.1, 0.15) is 15.2 Å². The van der Waals surface area contributed by atoms with Crippen LogP contribution >= 0.6 is 0 Å². The van der Waals surface area contributed by atoms with Gasteiger partial charge in [0.25, 0.3) is 0 Å². The SMILES string of the molecule is [2H]/C(C)=C\C=CC. The highest BCUT2D eigenvalue weighted by molar-refractivity contribution is 4.98. The summed E-state index contributed by atoms with van der Waals surface area (Å²) in [5.41, 5.74) is 0. The molecule has 0 nitrogen and oxygen atoms in total. The van der Waals surface area contributed by atoms with E-state index in [0.717, 1.165) is 0 Å². The van der Waals surface area contributed by atoms with Gasteiger partial charge in [0.15, 0.2) is 0 Å². The molecular formula is C6H10. The molecule has 0 saturated carbocycles. The zero-order valence-corrected chi connectivity index (χ0v) is 4.23. The molecule has 0 aliphatic heterocycles. The lowest BCUT2D eigenvalue weighted by Gasteiger charge is -1.62. The summed E-state index contributed by atoms with van der Waals surface area (Å²) >= 11 is 0. The maximum absolute atomic E-state index is 6.89. The van der Waals surface area contributed by atoms with Crippen LogP contribution in [0.15, 0.2) is 24.3 Å². The van der Waals surface area contributed by atoms with E-state index >= 15 is 0 Å². The van der Waals surface area contributed by atoms with E-state index in [4.69, 9.17) is 1.37 Å². The first kappa shape index (κ1) is 3.66. The van der Waals surface area contributed by atoms with E-state index in [1.54, 1.807) is 13.0 Å².